The molecule has 0 amide bonds. The first-order valence-corrected chi connectivity index (χ1v) is 5.17. The molecule has 0 aliphatic heterocycles. The summed E-state index contributed by atoms with van der Waals surface area (Å²) in [5, 5.41) is 3.14. The molecule has 1 aromatic rings. The fourth-order valence-corrected chi connectivity index (χ4v) is 1.72. The van der Waals surface area contributed by atoms with E-state index in [1.807, 2.05) is 7.05 Å². The molecule has 0 heterocycles. The summed E-state index contributed by atoms with van der Waals surface area (Å²) in [4.78, 5) is 0. The maximum Gasteiger partial charge on any atom is 0.125 e. The largest absolute Gasteiger partial charge is 0.489 e. The average Bonchev–Trinajstić information content (AvgIpc) is 2.17. The summed E-state index contributed by atoms with van der Waals surface area (Å²) in [5.41, 5.74) is 3.66. The Morgan fingerprint density at radius 2 is 1.93 bits per heavy atom. The van der Waals surface area contributed by atoms with Gasteiger partial charge in [-0.25, -0.2) is 0 Å². The van der Waals surface area contributed by atoms with Crippen molar-refractivity contribution in [2.45, 2.75) is 20.4 Å². The van der Waals surface area contributed by atoms with Crippen LogP contribution in [0, 0.1) is 13.8 Å². The molecule has 0 saturated carbocycles. The molecule has 0 aliphatic carbocycles. The number of aryl methyl sites for hydroxylation is 2. The van der Waals surface area contributed by atoms with Crippen molar-refractivity contribution in [2.24, 2.45) is 0 Å². The van der Waals surface area contributed by atoms with Gasteiger partial charge in [-0.1, -0.05) is 24.8 Å². The molecule has 0 radical (unpaired) electrons. The summed E-state index contributed by atoms with van der Waals surface area (Å²) >= 11 is 0. The van der Waals surface area contributed by atoms with Crippen LogP contribution in [0.1, 0.15) is 16.7 Å². The third-order valence-corrected chi connectivity index (χ3v) is 2.25. The predicted octanol–water partition coefficient (Wildman–Crippen LogP) is 2.59. The summed E-state index contributed by atoms with van der Waals surface area (Å²) in [6.45, 7) is 9.25. The average molecular weight is 205 g/mol. The normalized spacial score (nSPS) is 10.1. The third-order valence-electron chi connectivity index (χ3n) is 2.25. The van der Waals surface area contributed by atoms with Crippen LogP contribution in [0.4, 0.5) is 0 Å². The van der Waals surface area contributed by atoms with Crippen molar-refractivity contribution in [1.29, 1.82) is 0 Å². The van der Waals surface area contributed by atoms with Gasteiger partial charge in [0.1, 0.15) is 12.4 Å². The van der Waals surface area contributed by atoms with Gasteiger partial charge < -0.3 is 10.1 Å². The zero-order valence-corrected chi connectivity index (χ0v) is 9.76. The Labute approximate surface area is 92.0 Å². The summed E-state index contributed by atoms with van der Waals surface area (Å²) < 4.78 is 5.61. The van der Waals surface area contributed by atoms with Gasteiger partial charge in [0.05, 0.1) is 0 Å². The Hall–Kier alpha value is -1.28. The van der Waals surface area contributed by atoms with Gasteiger partial charge in [0.15, 0.2) is 0 Å². The van der Waals surface area contributed by atoms with Crippen molar-refractivity contribution in [2.75, 3.05) is 13.7 Å². The minimum absolute atomic E-state index is 0.563. The minimum atomic E-state index is 0.563. The second kappa shape index (κ2) is 5.56. The molecule has 0 saturated heterocycles. The first-order valence-electron chi connectivity index (χ1n) is 5.17. The van der Waals surface area contributed by atoms with Gasteiger partial charge in [0, 0.05) is 6.54 Å². The van der Waals surface area contributed by atoms with Crippen molar-refractivity contribution in [3.05, 3.63) is 41.5 Å². The van der Waals surface area contributed by atoms with E-state index in [1.165, 1.54) is 16.7 Å². The summed E-state index contributed by atoms with van der Waals surface area (Å²) in [7, 11) is 1.95. The lowest BCUT2D eigenvalue weighted by atomic mass is 10.1. The highest BCUT2D eigenvalue weighted by Gasteiger charge is 2.05. The molecule has 2 nitrogen and oxygen atoms in total. The highest BCUT2D eigenvalue weighted by molar-refractivity contribution is 5.43. The van der Waals surface area contributed by atoms with E-state index in [2.05, 4.69) is 37.9 Å². The second-order valence-electron chi connectivity index (χ2n) is 3.69. The van der Waals surface area contributed by atoms with Crippen molar-refractivity contribution in [1.82, 2.24) is 5.32 Å². The van der Waals surface area contributed by atoms with Crippen LogP contribution < -0.4 is 10.1 Å². The summed E-state index contributed by atoms with van der Waals surface area (Å²) in [6, 6.07) is 4.31. The number of benzene rings is 1. The Kier molecular flexibility index (Phi) is 4.37. The van der Waals surface area contributed by atoms with E-state index >= 15 is 0 Å². The van der Waals surface area contributed by atoms with E-state index in [0.717, 1.165) is 12.3 Å². The highest BCUT2D eigenvalue weighted by Crippen LogP contribution is 2.24. The quantitative estimate of drug-likeness (QED) is 0.746. The summed E-state index contributed by atoms with van der Waals surface area (Å²) in [6.07, 6.45) is 1.76. The molecule has 0 fully saturated rings. The number of ether oxygens (including phenoxy) is 1. The van der Waals surface area contributed by atoms with Gasteiger partial charge in [-0.3, -0.25) is 0 Å². The number of rotatable bonds is 5. The lowest BCUT2D eigenvalue weighted by molar-refractivity contribution is 0.358. The molecule has 2 heteroatoms. The molecule has 0 atom stereocenters. The maximum atomic E-state index is 5.61. The molecule has 82 valence electrons. The van der Waals surface area contributed by atoms with E-state index < -0.39 is 0 Å². The van der Waals surface area contributed by atoms with Crippen LogP contribution in [0.25, 0.3) is 0 Å². The van der Waals surface area contributed by atoms with Gasteiger partial charge in [-0.05, 0) is 37.6 Å². The monoisotopic (exact) mass is 205 g/mol. The molecule has 1 rings (SSSR count). The molecule has 0 bridgehead atoms. The van der Waals surface area contributed by atoms with Crippen molar-refractivity contribution in [3.63, 3.8) is 0 Å². The topological polar surface area (TPSA) is 21.3 Å². The number of nitrogens with one attached hydrogen (secondary N) is 1. The van der Waals surface area contributed by atoms with Gasteiger partial charge in [-0.2, -0.15) is 0 Å². The molecule has 0 aliphatic rings. The Balaban J connectivity index is 2.93. The Bertz CT molecular complexity index is 321. The first-order chi connectivity index (χ1) is 7.19. The predicted molar refractivity (Wildman–Crippen MR) is 64.4 cm³/mol. The van der Waals surface area contributed by atoms with Crippen LogP contribution in [0.5, 0.6) is 5.75 Å². The molecular formula is C13H19NO. The van der Waals surface area contributed by atoms with E-state index in [9.17, 15) is 0 Å². The minimum Gasteiger partial charge on any atom is -0.489 e. The van der Waals surface area contributed by atoms with Gasteiger partial charge in [0.2, 0.25) is 0 Å². The Morgan fingerprint density at radius 3 is 2.40 bits per heavy atom. The SMILES string of the molecule is C=CCOc1c(C)cc(CNC)cc1C. The zero-order chi connectivity index (χ0) is 11.3. The van der Waals surface area contributed by atoms with Crippen LogP contribution >= 0.6 is 0 Å². The highest BCUT2D eigenvalue weighted by atomic mass is 16.5. The van der Waals surface area contributed by atoms with Crippen LogP contribution in [0.2, 0.25) is 0 Å². The molecule has 0 unspecified atom stereocenters. The number of hydrogen-bond acceptors (Lipinski definition) is 2. The molecule has 15 heavy (non-hydrogen) atoms. The first kappa shape index (κ1) is 11.8. The molecule has 1 aromatic carbocycles. The fourth-order valence-electron chi connectivity index (χ4n) is 1.72. The zero-order valence-electron chi connectivity index (χ0n) is 9.76. The van der Waals surface area contributed by atoms with E-state index in [-0.39, 0.29) is 0 Å². The van der Waals surface area contributed by atoms with E-state index in [4.69, 9.17) is 4.74 Å². The summed E-state index contributed by atoms with van der Waals surface area (Å²) in [5.74, 6) is 0.981. The number of hydrogen-bond donors (Lipinski definition) is 1. The molecule has 0 aromatic heterocycles. The lowest BCUT2D eigenvalue weighted by Crippen LogP contribution is -2.06. The Morgan fingerprint density at radius 1 is 1.33 bits per heavy atom. The smallest absolute Gasteiger partial charge is 0.125 e. The van der Waals surface area contributed by atoms with E-state index in [0.29, 0.717) is 6.61 Å². The fraction of sp³-hybridized carbons (Fsp3) is 0.385. The van der Waals surface area contributed by atoms with Crippen LogP contribution in [0.15, 0.2) is 24.8 Å². The van der Waals surface area contributed by atoms with Crippen LogP contribution in [0.3, 0.4) is 0 Å². The van der Waals surface area contributed by atoms with Crippen LogP contribution in [-0.2, 0) is 6.54 Å². The van der Waals surface area contributed by atoms with E-state index in [1.54, 1.807) is 6.08 Å². The van der Waals surface area contributed by atoms with Gasteiger partial charge in [0.25, 0.3) is 0 Å². The van der Waals surface area contributed by atoms with Gasteiger partial charge in [-0.15, -0.1) is 0 Å². The molecule has 1 N–H and O–H groups in total. The molecule has 0 spiro atoms. The van der Waals surface area contributed by atoms with Crippen LogP contribution in [-0.4, -0.2) is 13.7 Å². The second-order valence-corrected chi connectivity index (χ2v) is 3.69. The van der Waals surface area contributed by atoms with Crippen molar-refractivity contribution in [3.8, 4) is 5.75 Å². The standard InChI is InChI=1S/C13H19NO/c1-5-6-15-13-10(2)7-12(9-14-4)8-11(13)3/h5,7-8,14H,1,6,9H2,2-4H3. The van der Waals surface area contributed by atoms with Crippen molar-refractivity contribution >= 4 is 0 Å². The van der Waals surface area contributed by atoms with Crippen molar-refractivity contribution < 1.29 is 4.74 Å². The maximum absolute atomic E-state index is 5.61. The van der Waals surface area contributed by atoms with Gasteiger partial charge >= 0.3 is 0 Å². The molecular weight excluding hydrogens is 186 g/mol. The lowest BCUT2D eigenvalue weighted by Gasteiger charge is -2.12. The third kappa shape index (κ3) is 3.10.